The van der Waals surface area contributed by atoms with Gasteiger partial charge in [0.2, 0.25) is 12.0 Å². The summed E-state index contributed by atoms with van der Waals surface area (Å²) in [6.07, 6.45) is -0.00900. The molecule has 1 aromatic carbocycles. The van der Waals surface area contributed by atoms with Gasteiger partial charge >= 0.3 is 5.97 Å². The minimum absolute atomic E-state index is 0.0350. The van der Waals surface area contributed by atoms with E-state index in [2.05, 4.69) is 36.2 Å². The number of oxime groups is 1. The van der Waals surface area contributed by atoms with Crippen molar-refractivity contribution in [1.29, 1.82) is 0 Å². The first-order valence-corrected chi connectivity index (χ1v) is 16.9. The van der Waals surface area contributed by atoms with Crippen LogP contribution < -0.4 is 16.5 Å². The summed E-state index contributed by atoms with van der Waals surface area (Å²) in [4.78, 5) is 62.0. The number of nitrogens with one attached hydrogen (secondary N) is 2. The van der Waals surface area contributed by atoms with E-state index in [4.69, 9.17) is 10.6 Å². The average Bonchev–Trinajstić information content (AvgIpc) is 3.72. The summed E-state index contributed by atoms with van der Waals surface area (Å²) < 4.78 is 0.624. The Morgan fingerprint density at radius 3 is 2.78 bits per heavy atom. The highest BCUT2D eigenvalue weighted by Crippen LogP contribution is 2.44. The smallest absolute Gasteiger partial charge is 0.313 e. The Kier molecular flexibility index (Phi) is 9.94. The number of aromatic hydroxyl groups is 2. The van der Waals surface area contributed by atoms with E-state index in [-0.39, 0.29) is 46.1 Å². The van der Waals surface area contributed by atoms with Crippen molar-refractivity contribution in [2.75, 3.05) is 23.8 Å². The second-order valence-corrected chi connectivity index (χ2v) is 14.0. The SMILES string of the molecule is CC(ON=C(C(=O)NC1C(=O)N2CC(CSc3nncs3)(C(=O)O)CS[C@H]12)c1csc(N)n1)C(=O)NN=Cc1ccc(O)c(O)c1. The Morgan fingerprint density at radius 1 is 1.30 bits per heavy atom. The maximum Gasteiger partial charge on any atom is 0.313 e. The molecule has 0 spiro atoms. The molecule has 3 unspecified atom stereocenters. The van der Waals surface area contributed by atoms with Crippen LogP contribution >= 0.6 is 46.2 Å². The van der Waals surface area contributed by atoms with E-state index in [0.717, 1.165) is 11.3 Å². The normalized spacial score (nSPS) is 21.7. The Hall–Kier alpha value is -4.47. The van der Waals surface area contributed by atoms with Gasteiger partial charge in [0.25, 0.3) is 11.8 Å². The average molecular weight is 708 g/mol. The number of anilines is 1. The number of phenols is 2. The lowest BCUT2D eigenvalue weighted by atomic mass is 9.89. The Bertz CT molecular complexity index is 1700. The quantitative estimate of drug-likeness (QED) is 0.0493. The number of β-lactam (4-membered cyclic amide) rings is 1. The van der Waals surface area contributed by atoms with Crippen LogP contribution in [0.3, 0.4) is 0 Å². The van der Waals surface area contributed by atoms with Crippen molar-refractivity contribution in [2.45, 2.75) is 28.8 Å². The summed E-state index contributed by atoms with van der Waals surface area (Å²) in [6, 6.07) is 2.99. The molecule has 4 atom stereocenters. The second kappa shape index (κ2) is 13.9. The number of nitrogens with zero attached hydrogens (tertiary/aromatic N) is 6. The maximum atomic E-state index is 13.4. The topological polar surface area (TPSA) is 255 Å². The van der Waals surface area contributed by atoms with Crippen molar-refractivity contribution in [2.24, 2.45) is 15.7 Å². The fraction of sp³-hybridized carbons (Fsp3) is 0.320. The minimum atomic E-state index is -1.24. The van der Waals surface area contributed by atoms with E-state index in [9.17, 15) is 34.5 Å². The van der Waals surface area contributed by atoms with Crippen LogP contribution in [0.5, 0.6) is 11.5 Å². The lowest BCUT2D eigenvalue weighted by Crippen LogP contribution is -2.74. The van der Waals surface area contributed by atoms with E-state index in [0.29, 0.717) is 9.90 Å². The number of carboxylic acids is 1. The summed E-state index contributed by atoms with van der Waals surface area (Å²) in [5.74, 6) is -3.32. The molecule has 0 radical (unpaired) electrons. The first-order valence-electron chi connectivity index (χ1n) is 13.1. The van der Waals surface area contributed by atoms with Crippen molar-refractivity contribution in [3.63, 3.8) is 0 Å². The van der Waals surface area contributed by atoms with Gasteiger partial charge in [-0.1, -0.05) is 28.3 Å². The molecule has 0 bridgehead atoms. The van der Waals surface area contributed by atoms with E-state index in [1.54, 1.807) is 5.51 Å². The minimum Gasteiger partial charge on any atom is -0.504 e. The van der Waals surface area contributed by atoms with Crippen LogP contribution in [0.25, 0.3) is 0 Å². The highest BCUT2D eigenvalue weighted by atomic mass is 32.2. The number of thioether (sulfide) groups is 2. The third-order valence-corrected chi connectivity index (χ3v) is 11.1. The number of thiazole rings is 1. The predicted octanol–water partition coefficient (Wildman–Crippen LogP) is 0.511. The van der Waals surface area contributed by atoms with Crippen molar-refractivity contribution >= 4 is 86.9 Å². The number of carboxylic acid groups (broad SMARTS) is 1. The molecule has 4 heterocycles. The first kappa shape index (κ1) is 32.9. The lowest BCUT2D eigenvalue weighted by Gasteiger charge is -2.53. The van der Waals surface area contributed by atoms with Crippen molar-refractivity contribution in [1.82, 2.24) is 30.8 Å². The zero-order chi connectivity index (χ0) is 33.0. The summed E-state index contributed by atoms with van der Waals surface area (Å²) in [6.45, 7) is 1.32. The van der Waals surface area contributed by atoms with Gasteiger partial charge < -0.3 is 36.1 Å². The monoisotopic (exact) mass is 707 g/mol. The Labute approximate surface area is 276 Å². The molecule has 0 saturated carbocycles. The number of rotatable bonds is 12. The molecular formula is C25H25N9O8S4. The van der Waals surface area contributed by atoms with Crippen LogP contribution in [0.1, 0.15) is 18.2 Å². The highest BCUT2D eigenvalue weighted by molar-refractivity contribution is 8.01. The zero-order valence-corrected chi connectivity index (χ0v) is 26.9. The molecule has 2 fully saturated rings. The number of benzene rings is 1. The van der Waals surface area contributed by atoms with Gasteiger partial charge in [0.05, 0.1) is 6.21 Å². The molecule has 5 rings (SSSR count). The number of hydrogen-bond acceptors (Lipinski definition) is 17. The first-order chi connectivity index (χ1) is 22.0. The van der Waals surface area contributed by atoms with E-state index < -0.39 is 46.6 Å². The van der Waals surface area contributed by atoms with Gasteiger partial charge in [-0.2, -0.15) is 5.10 Å². The number of aromatic nitrogens is 3. The number of nitrogen functional groups attached to an aromatic ring is 1. The maximum absolute atomic E-state index is 13.4. The molecule has 46 heavy (non-hydrogen) atoms. The van der Waals surface area contributed by atoms with Gasteiger partial charge in [-0.3, -0.25) is 19.2 Å². The molecule has 3 amide bonds. The molecule has 3 aromatic rings. The summed E-state index contributed by atoms with van der Waals surface area (Å²) in [5.41, 5.74) is 8.42. The van der Waals surface area contributed by atoms with Crippen molar-refractivity contribution < 1.29 is 39.3 Å². The Morgan fingerprint density at radius 2 is 2.11 bits per heavy atom. The fourth-order valence-electron chi connectivity index (χ4n) is 4.20. The lowest BCUT2D eigenvalue weighted by molar-refractivity contribution is -0.157. The summed E-state index contributed by atoms with van der Waals surface area (Å²) in [5, 5.41) is 48.0. The Balaban J connectivity index is 1.21. The van der Waals surface area contributed by atoms with E-state index in [1.165, 1.54) is 76.5 Å². The van der Waals surface area contributed by atoms with Gasteiger partial charge in [-0.05, 0) is 30.7 Å². The molecule has 21 heteroatoms. The van der Waals surface area contributed by atoms with Crippen LogP contribution in [-0.4, -0.2) is 107 Å². The van der Waals surface area contributed by atoms with Crippen LogP contribution in [0.15, 0.2) is 43.7 Å². The number of hydrogen-bond donors (Lipinski definition) is 6. The van der Waals surface area contributed by atoms with Gasteiger partial charge in [-0.25, -0.2) is 10.4 Å². The number of phenolic OH excluding ortho intramolecular Hbond substituents is 2. The standard InChI is InChI=1S/C25H25N9O8S4/c1-11(18(37)31-27-5-12-2-3-14(35)15(36)4-12)42-33-16(13-6-43-23(26)29-13)19(38)30-17-20(39)34-7-25(22(40)41,8-44-21(17)34)9-45-24-32-28-10-46-24/h2-6,10-11,17,21,35-36H,7-9H2,1H3,(H2,26,29)(H,30,38)(H,31,37)(H,40,41)/t11?,17?,21-,25?/m1/s1. The third kappa shape index (κ3) is 7.16. The molecule has 2 saturated heterocycles. The molecule has 17 nitrogen and oxygen atoms in total. The molecule has 2 aromatic heterocycles. The zero-order valence-electron chi connectivity index (χ0n) is 23.6. The fourth-order valence-corrected chi connectivity index (χ4v) is 8.10. The van der Waals surface area contributed by atoms with Gasteiger partial charge in [0.15, 0.2) is 26.7 Å². The van der Waals surface area contributed by atoms with E-state index >= 15 is 0 Å². The summed E-state index contributed by atoms with van der Waals surface area (Å²) >= 11 is 4.84. The second-order valence-electron chi connectivity index (χ2n) is 9.94. The van der Waals surface area contributed by atoms with Gasteiger partial charge in [0.1, 0.15) is 28.0 Å². The number of nitrogens with two attached hydrogens (primary N) is 1. The third-order valence-electron chi connectivity index (χ3n) is 6.74. The number of amides is 3. The number of carbonyl (C=O) groups is 4. The molecule has 242 valence electrons. The molecular weight excluding hydrogens is 683 g/mol. The van der Waals surface area contributed by atoms with Crippen molar-refractivity contribution in [3.05, 3.63) is 40.3 Å². The summed E-state index contributed by atoms with van der Waals surface area (Å²) in [7, 11) is 0. The van der Waals surface area contributed by atoms with Crippen LogP contribution in [0.2, 0.25) is 0 Å². The highest BCUT2D eigenvalue weighted by Gasteiger charge is 2.57. The largest absolute Gasteiger partial charge is 0.504 e. The number of aliphatic carboxylic acids is 1. The van der Waals surface area contributed by atoms with Gasteiger partial charge in [-0.15, -0.1) is 33.3 Å². The molecule has 0 aliphatic carbocycles. The number of hydrazone groups is 1. The van der Waals surface area contributed by atoms with Crippen molar-refractivity contribution in [3.8, 4) is 11.5 Å². The number of fused-ring (bicyclic) bond motifs is 1. The van der Waals surface area contributed by atoms with Crippen LogP contribution in [-0.2, 0) is 24.0 Å². The number of carbonyl (C=O) groups excluding carboxylic acids is 3. The molecule has 7 N–H and O–H groups in total. The molecule has 2 aliphatic rings. The van der Waals surface area contributed by atoms with Crippen LogP contribution in [0.4, 0.5) is 5.13 Å². The van der Waals surface area contributed by atoms with Crippen LogP contribution in [0, 0.1) is 5.41 Å². The molecule has 2 aliphatic heterocycles. The van der Waals surface area contributed by atoms with Gasteiger partial charge in [0, 0.05) is 23.4 Å². The predicted molar refractivity (Wildman–Crippen MR) is 170 cm³/mol. The van der Waals surface area contributed by atoms with E-state index in [1.807, 2.05) is 0 Å².